The standard InChI is InChI=1S/C22H20ClN3O3S/c23-18-12-11-16(14-20(18)25-22(27)17-8-2-3-9-19(17)24)30(28,29)26-13-5-7-15-6-1-4-10-21(15)26/h1-4,6,8-12,14H,5,7,13,24H2,(H,25,27). The first-order chi connectivity index (χ1) is 14.4. The lowest BCUT2D eigenvalue weighted by atomic mass is 10.0. The third-order valence-electron chi connectivity index (χ3n) is 5.05. The van der Waals surface area contributed by atoms with Crippen LogP contribution in [-0.4, -0.2) is 20.9 Å². The second-order valence-corrected chi connectivity index (χ2v) is 9.26. The van der Waals surface area contributed by atoms with Gasteiger partial charge in [0.05, 0.1) is 26.9 Å². The predicted octanol–water partition coefficient (Wildman–Crippen LogP) is 4.32. The summed E-state index contributed by atoms with van der Waals surface area (Å²) in [5.41, 5.74) is 8.34. The van der Waals surface area contributed by atoms with Crippen molar-refractivity contribution in [1.29, 1.82) is 0 Å². The van der Waals surface area contributed by atoms with Crippen LogP contribution in [0.15, 0.2) is 71.6 Å². The number of sulfonamides is 1. The van der Waals surface area contributed by atoms with Crippen LogP contribution in [0.4, 0.5) is 17.1 Å². The molecule has 0 saturated heterocycles. The number of aryl methyl sites for hydroxylation is 1. The Bertz CT molecular complexity index is 1230. The fourth-order valence-corrected chi connectivity index (χ4v) is 5.26. The van der Waals surface area contributed by atoms with Gasteiger partial charge in [-0.1, -0.05) is 41.9 Å². The molecule has 0 spiro atoms. The molecule has 1 aliphatic rings. The number of halogens is 1. The normalized spacial score (nSPS) is 13.6. The minimum Gasteiger partial charge on any atom is -0.398 e. The molecule has 0 bridgehead atoms. The van der Waals surface area contributed by atoms with Gasteiger partial charge >= 0.3 is 0 Å². The molecular formula is C22H20ClN3O3S. The Kier molecular flexibility index (Phi) is 5.40. The molecule has 0 saturated carbocycles. The second kappa shape index (κ2) is 8.01. The molecule has 0 radical (unpaired) electrons. The molecule has 1 aliphatic heterocycles. The van der Waals surface area contributed by atoms with Crippen molar-refractivity contribution in [2.75, 3.05) is 21.9 Å². The molecule has 8 heteroatoms. The SMILES string of the molecule is Nc1ccccc1C(=O)Nc1cc(S(=O)(=O)N2CCCc3ccccc32)ccc1Cl. The smallest absolute Gasteiger partial charge is 0.264 e. The monoisotopic (exact) mass is 441 g/mol. The van der Waals surface area contributed by atoms with E-state index in [1.54, 1.807) is 24.3 Å². The number of para-hydroxylation sites is 2. The van der Waals surface area contributed by atoms with Crippen molar-refractivity contribution < 1.29 is 13.2 Å². The Morgan fingerprint density at radius 1 is 1.03 bits per heavy atom. The number of hydrogen-bond acceptors (Lipinski definition) is 4. The maximum atomic E-state index is 13.4. The quantitative estimate of drug-likeness (QED) is 0.590. The molecule has 30 heavy (non-hydrogen) atoms. The number of rotatable bonds is 4. The summed E-state index contributed by atoms with van der Waals surface area (Å²) in [5, 5.41) is 2.90. The molecule has 0 fully saturated rings. The van der Waals surface area contributed by atoms with Crippen LogP contribution < -0.4 is 15.4 Å². The van der Waals surface area contributed by atoms with Gasteiger partial charge in [0.1, 0.15) is 0 Å². The van der Waals surface area contributed by atoms with Gasteiger partial charge in [-0.25, -0.2) is 8.42 Å². The van der Waals surface area contributed by atoms with Crippen LogP contribution in [0, 0.1) is 0 Å². The number of benzene rings is 3. The van der Waals surface area contributed by atoms with Crippen LogP contribution >= 0.6 is 11.6 Å². The number of anilines is 3. The third-order valence-corrected chi connectivity index (χ3v) is 7.19. The lowest BCUT2D eigenvalue weighted by molar-refractivity contribution is 0.102. The summed E-state index contributed by atoms with van der Waals surface area (Å²) in [5.74, 6) is -0.465. The van der Waals surface area contributed by atoms with Gasteiger partial charge in [-0.3, -0.25) is 9.10 Å². The maximum absolute atomic E-state index is 13.4. The van der Waals surface area contributed by atoms with Gasteiger partial charge in [0.25, 0.3) is 15.9 Å². The van der Waals surface area contributed by atoms with E-state index in [4.69, 9.17) is 17.3 Å². The topological polar surface area (TPSA) is 92.5 Å². The van der Waals surface area contributed by atoms with Gasteiger partial charge < -0.3 is 11.1 Å². The molecule has 3 N–H and O–H groups in total. The van der Waals surface area contributed by atoms with E-state index in [0.29, 0.717) is 17.9 Å². The number of nitrogens with zero attached hydrogens (tertiary/aromatic N) is 1. The first-order valence-corrected chi connectivity index (χ1v) is 11.3. The van der Waals surface area contributed by atoms with E-state index in [1.807, 2.05) is 24.3 Å². The van der Waals surface area contributed by atoms with Crippen LogP contribution in [0.5, 0.6) is 0 Å². The summed E-state index contributed by atoms with van der Waals surface area (Å²) in [6, 6.07) is 18.4. The summed E-state index contributed by atoms with van der Waals surface area (Å²) in [7, 11) is -3.82. The summed E-state index contributed by atoms with van der Waals surface area (Å²) in [6.45, 7) is 0.393. The molecule has 0 unspecified atom stereocenters. The zero-order valence-electron chi connectivity index (χ0n) is 16.0. The number of amides is 1. The van der Waals surface area contributed by atoms with Gasteiger partial charge in [-0.05, 0) is 54.8 Å². The van der Waals surface area contributed by atoms with Crippen molar-refractivity contribution in [1.82, 2.24) is 0 Å². The summed E-state index contributed by atoms with van der Waals surface area (Å²) in [4.78, 5) is 12.7. The number of nitrogen functional groups attached to an aromatic ring is 1. The highest BCUT2D eigenvalue weighted by atomic mass is 35.5. The minimum absolute atomic E-state index is 0.0555. The van der Waals surface area contributed by atoms with Crippen LogP contribution in [0.25, 0.3) is 0 Å². The molecule has 154 valence electrons. The van der Waals surface area contributed by atoms with Crippen molar-refractivity contribution >= 4 is 44.6 Å². The molecule has 1 heterocycles. The first-order valence-electron chi connectivity index (χ1n) is 9.44. The van der Waals surface area contributed by atoms with E-state index < -0.39 is 15.9 Å². The number of carbonyl (C=O) groups excluding carboxylic acids is 1. The molecule has 0 aromatic heterocycles. The van der Waals surface area contributed by atoms with Gasteiger partial charge in [0.15, 0.2) is 0 Å². The zero-order valence-corrected chi connectivity index (χ0v) is 17.6. The molecule has 0 atom stereocenters. The van der Waals surface area contributed by atoms with E-state index in [0.717, 1.165) is 18.4 Å². The van der Waals surface area contributed by atoms with Gasteiger partial charge in [0, 0.05) is 12.2 Å². The molecule has 3 aromatic rings. The van der Waals surface area contributed by atoms with Crippen LogP contribution in [-0.2, 0) is 16.4 Å². The van der Waals surface area contributed by atoms with Gasteiger partial charge in [-0.2, -0.15) is 0 Å². The number of fused-ring (bicyclic) bond motifs is 1. The van der Waals surface area contributed by atoms with Crippen molar-refractivity contribution in [3.05, 3.63) is 82.9 Å². The van der Waals surface area contributed by atoms with Crippen LogP contribution in [0.1, 0.15) is 22.3 Å². The average molecular weight is 442 g/mol. The van der Waals surface area contributed by atoms with Gasteiger partial charge in [0.2, 0.25) is 0 Å². The third kappa shape index (κ3) is 3.74. The zero-order chi connectivity index (χ0) is 21.3. The summed E-state index contributed by atoms with van der Waals surface area (Å²) in [6.07, 6.45) is 1.57. The van der Waals surface area contributed by atoms with Crippen molar-refractivity contribution in [3.63, 3.8) is 0 Å². The van der Waals surface area contributed by atoms with Gasteiger partial charge in [-0.15, -0.1) is 0 Å². The molecule has 4 rings (SSSR count). The van der Waals surface area contributed by atoms with Crippen LogP contribution in [0.3, 0.4) is 0 Å². The van der Waals surface area contributed by atoms with E-state index in [1.165, 1.54) is 22.5 Å². The lowest BCUT2D eigenvalue weighted by Crippen LogP contribution is -2.35. The fourth-order valence-electron chi connectivity index (χ4n) is 3.53. The highest BCUT2D eigenvalue weighted by Gasteiger charge is 2.29. The van der Waals surface area contributed by atoms with Crippen LogP contribution in [0.2, 0.25) is 5.02 Å². The Hall–Kier alpha value is -3.03. The first kappa shape index (κ1) is 20.3. The number of nitrogens with two attached hydrogens (primary N) is 1. The summed E-state index contributed by atoms with van der Waals surface area (Å²) < 4.78 is 28.2. The minimum atomic E-state index is -3.82. The largest absolute Gasteiger partial charge is 0.398 e. The van der Waals surface area contributed by atoms with E-state index in [-0.39, 0.29) is 21.2 Å². The molecule has 6 nitrogen and oxygen atoms in total. The average Bonchev–Trinajstić information content (AvgIpc) is 2.75. The molecule has 1 amide bonds. The Balaban J connectivity index is 1.68. The highest BCUT2D eigenvalue weighted by Crippen LogP contribution is 2.34. The van der Waals surface area contributed by atoms with E-state index in [9.17, 15) is 13.2 Å². The Morgan fingerprint density at radius 3 is 2.57 bits per heavy atom. The van der Waals surface area contributed by atoms with Crippen molar-refractivity contribution in [3.8, 4) is 0 Å². The molecule has 3 aromatic carbocycles. The highest BCUT2D eigenvalue weighted by molar-refractivity contribution is 7.92. The molecule has 0 aliphatic carbocycles. The van der Waals surface area contributed by atoms with E-state index >= 15 is 0 Å². The van der Waals surface area contributed by atoms with E-state index in [2.05, 4.69) is 5.32 Å². The number of carbonyl (C=O) groups is 1. The lowest BCUT2D eigenvalue weighted by Gasteiger charge is -2.30. The number of hydrogen-bond donors (Lipinski definition) is 2. The number of nitrogens with one attached hydrogen (secondary N) is 1. The maximum Gasteiger partial charge on any atom is 0.264 e. The predicted molar refractivity (Wildman–Crippen MR) is 120 cm³/mol. The second-order valence-electron chi connectivity index (χ2n) is 6.99. The summed E-state index contributed by atoms with van der Waals surface area (Å²) >= 11 is 6.23. The Morgan fingerprint density at radius 2 is 1.77 bits per heavy atom. The molecular weight excluding hydrogens is 422 g/mol. The Labute approximate surface area is 180 Å². The van der Waals surface area contributed by atoms with Crippen molar-refractivity contribution in [2.45, 2.75) is 17.7 Å². The fraction of sp³-hybridized carbons (Fsp3) is 0.136. The van der Waals surface area contributed by atoms with Crippen molar-refractivity contribution in [2.24, 2.45) is 0 Å².